The average Bonchev–Trinajstić information content (AvgIpc) is 2.83. The van der Waals surface area contributed by atoms with Crippen LogP contribution in [0.25, 0.3) is 0 Å². The van der Waals surface area contributed by atoms with Gasteiger partial charge in [-0.15, -0.1) is 0 Å². The highest BCUT2D eigenvalue weighted by molar-refractivity contribution is 7.88. The first kappa shape index (κ1) is 19.0. The fourth-order valence-corrected chi connectivity index (χ4v) is 4.50. The summed E-state index contributed by atoms with van der Waals surface area (Å²) >= 11 is 5.46. The van der Waals surface area contributed by atoms with E-state index in [2.05, 4.69) is 10.6 Å². The van der Waals surface area contributed by atoms with Gasteiger partial charge in [-0.25, -0.2) is 9.00 Å². The fraction of sp³-hybridized carbons (Fsp3) is 0.500. The monoisotopic (exact) mass is 369 g/mol. The summed E-state index contributed by atoms with van der Waals surface area (Å²) in [5.74, 6) is -0.593. The summed E-state index contributed by atoms with van der Waals surface area (Å²) in [4.78, 5) is 11.8. The Bertz CT molecular complexity index is 651. The maximum atomic E-state index is 13.5. The first-order chi connectivity index (χ1) is 11.3. The predicted octanol–water partition coefficient (Wildman–Crippen LogP) is 1.25. The zero-order chi connectivity index (χ0) is 18.0. The third-order valence-electron chi connectivity index (χ3n) is 3.98. The molecule has 24 heavy (non-hydrogen) atoms. The Morgan fingerprint density at radius 3 is 2.54 bits per heavy atom. The molecule has 0 spiro atoms. The van der Waals surface area contributed by atoms with Gasteiger partial charge in [0.1, 0.15) is 4.99 Å². The van der Waals surface area contributed by atoms with Gasteiger partial charge in [0.25, 0.3) is 0 Å². The molecule has 2 atom stereocenters. The number of hydrogen-bond acceptors (Lipinski definition) is 6. The van der Waals surface area contributed by atoms with Crippen LogP contribution in [0, 0.1) is 0 Å². The van der Waals surface area contributed by atoms with E-state index in [1.807, 2.05) is 19.9 Å². The molecule has 0 aliphatic carbocycles. The standard InChI is InChI=1S/C16H23N3O3S2/c1-5-22-14(20)16(17-4,12-9-7-6-8-10-12)24(21)19-11-18-15(2,3)13(19)23/h6-10,17-18H,5,11H2,1-4H3. The third kappa shape index (κ3) is 3.11. The van der Waals surface area contributed by atoms with Gasteiger partial charge in [0.05, 0.1) is 18.8 Å². The number of carbonyl (C=O) groups is 1. The normalized spacial score (nSPS) is 20.5. The highest BCUT2D eigenvalue weighted by Crippen LogP contribution is 2.32. The quantitative estimate of drug-likeness (QED) is 0.581. The number of carbonyl (C=O) groups excluding carboxylic acids is 1. The van der Waals surface area contributed by atoms with E-state index >= 15 is 0 Å². The van der Waals surface area contributed by atoms with Crippen molar-refractivity contribution in [2.75, 3.05) is 20.3 Å². The van der Waals surface area contributed by atoms with E-state index in [1.165, 1.54) is 4.31 Å². The number of ether oxygens (including phenoxy) is 1. The van der Waals surface area contributed by atoms with E-state index in [1.54, 1.807) is 38.2 Å². The minimum absolute atomic E-state index is 0.195. The fourth-order valence-electron chi connectivity index (χ4n) is 2.56. The number of hydrogen-bond donors (Lipinski definition) is 2. The van der Waals surface area contributed by atoms with E-state index in [4.69, 9.17) is 17.0 Å². The zero-order valence-corrected chi connectivity index (χ0v) is 15.9. The van der Waals surface area contributed by atoms with E-state index in [0.717, 1.165) is 0 Å². The summed E-state index contributed by atoms with van der Waals surface area (Å²) in [7, 11) is -0.210. The molecule has 1 saturated heterocycles. The highest BCUT2D eigenvalue weighted by atomic mass is 32.2. The molecule has 2 rings (SSSR count). The summed E-state index contributed by atoms with van der Waals surface area (Å²) < 4.78 is 20.2. The zero-order valence-electron chi connectivity index (χ0n) is 14.3. The average molecular weight is 370 g/mol. The Kier molecular flexibility index (Phi) is 5.74. The Morgan fingerprint density at radius 1 is 1.46 bits per heavy atom. The largest absolute Gasteiger partial charge is 0.464 e. The molecule has 1 fully saturated rings. The molecular weight excluding hydrogens is 346 g/mol. The van der Waals surface area contributed by atoms with Crippen LogP contribution in [-0.4, -0.2) is 45.3 Å². The van der Waals surface area contributed by atoms with Crippen LogP contribution >= 0.6 is 12.2 Å². The lowest BCUT2D eigenvalue weighted by atomic mass is 10.1. The molecule has 132 valence electrons. The lowest BCUT2D eigenvalue weighted by Gasteiger charge is -2.34. The van der Waals surface area contributed by atoms with Gasteiger partial charge in [-0.05, 0) is 33.4 Å². The lowest BCUT2D eigenvalue weighted by molar-refractivity contribution is -0.147. The molecule has 1 aliphatic heterocycles. The van der Waals surface area contributed by atoms with E-state index < -0.39 is 27.4 Å². The van der Waals surface area contributed by atoms with Crippen LogP contribution in [0.5, 0.6) is 0 Å². The van der Waals surface area contributed by atoms with Crippen molar-refractivity contribution in [3.8, 4) is 0 Å². The Hall–Kier alpha value is -1.35. The van der Waals surface area contributed by atoms with Crippen molar-refractivity contribution >= 4 is 34.2 Å². The summed E-state index contributed by atoms with van der Waals surface area (Å²) in [5, 5.41) is 6.14. The van der Waals surface area contributed by atoms with Gasteiger partial charge in [0, 0.05) is 0 Å². The molecule has 1 aromatic rings. The molecular formula is C16H23N3O3S2. The topological polar surface area (TPSA) is 70.7 Å². The van der Waals surface area contributed by atoms with Crippen molar-refractivity contribution in [2.24, 2.45) is 0 Å². The number of nitrogens with zero attached hydrogens (tertiary/aromatic N) is 1. The molecule has 0 aromatic heterocycles. The van der Waals surface area contributed by atoms with Crippen molar-refractivity contribution < 1.29 is 13.7 Å². The number of likely N-dealkylation sites (N-methyl/N-ethyl adjacent to an activating group) is 1. The maximum absolute atomic E-state index is 13.5. The number of thiocarbonyl (C=S) groups is 1. The van der Waals surface area contributed by atoms with E-state index in [0.29, 0.717) is 17.2 Å². The Labute approximate surface area is 150 Å². The number of rotatable bonds is 6. The number of benzene rings is 1. The van der Waals surface area contributed by atoms with Gasteiger partial charge in [0.2, 0.25) is 4.87 Å². The first-order valence-electron chi connectivity index (χ1n) is 7.72. The third-order valence-corrected chi connectivity index (χ3v) is 6.67. The minimum atomic E-state index is -1.81. The van der Waals surface area contributed by atoms with Crippen LogP contribution in [0.3, 0.4) is 0 Å². The summed E-state index contributed by atoms with van der Waals surface area (Å²) in [6, 6.07) is 8.93. The van der Waals surface area contributed by atoms with Crippen molar-refractivity contribution in [3.05, 3.63) is 35.9 Å². The number of esters is 1. The second-order valence-corrected chi connectivity index (χ2v) is 7.85. The summed E-state index contributed by atoms with van der Waals surface area (Å²) in [5.41, 5.74) is 0.104. The van der Waals surface area contributed by atoms with Crippen molar-refractivity contribution in [3.63, 3.8) is 0 Å². The smallest absolute Gasteiger partial charge is 0.346 e. The molecule has 1 aromatic carbocycles. The van der Waals surface area contributed by atoms with Gasteiger partial charge in [-0.1, -0.05) is 42.5 Å². The number of nitrogens with one attached hydrogen (secondary N) is 2. The van der Waals surface area contributed by atoms with Gasteiger partial charge in [-0.3, -0.25) is 14.9 Å². The van der Waals surface area contributed by atoms with Crippen molar-refractivity contribution in [2.45, 2.75) is 31.2 Å². The van der Waals surface area contributed by atoms with Gasteiger partial charge in [0.15, 0.2) is 11.0 Å². The lowest BCUT2D eigenvalue weighted by Crippen LogP contribution is -2.57. The molecule has 0 radical (unpaired) electrons. The Morgan fingerprint density at radius 2 is 2.08 bits per heavy atom. The molecule has 1 heterocycles. The first-order valence-corrected chi connectivity index (χ1v) is 9.23. The molecule has 0 bridgehead atoms. The van der Waals surface area contributed by atoms with Gasteiger partial charge >= 0.3 is 5.97 Å². The molecule has 6 nitrogen and oxygen atoms in total. The van der Waals surface area contributed by atoms with Crippen molar-refractivity contribution in [1.29, 1.82) is 0 Å². The van der Waals surface area contributed by atoms with Crippen LogP contribution < -0.4 is 10.6 Å². The molecule has 0 saturated carbocycles. The molecule has 8 heteroatoms. The van der Waals surface area contributed by atoms with Crippen LogP contribution in [0.2, 0.25) is 0 Å². The van der Waals surface area contributed by atoms with Gasteiger partial charge in [-0.2, -0.15) is 0 Å². The Balaban J connectivity index is 2.52. The second-order valence-electron chi connectivity index (χ2n) is 5.91. The van der Waals surface area contributed by atoms with E-state index in [9.17, 15) is 9.00 Å². The predicted molar refractivity (Wildman–Crippen MR) is 98.5 cm³/mol. The minimum Gasteiger partial charge on any atom is -0.464 e. The molecule has 1 aliphatic rings. The molecule has 0 amide bonds. The second kappa shape index (κ2) is 7.26. The SMILES string of the molecule is CCOC(=O)C(NC)(c1ccccc1)S(=O)N1CNC(C)(C)C1=S. The van der Waals surface area contributed by atoms with E-state index in [-0.39, 0.29) is 6.61 Å². The van der Waals surface area contributed by atoms with Gasteiger partial charge < -0.3 is 4.74 Å². The van der Waals surface area contributed by atoms with Crippen LogP contribution in [0.15, 0.2) is 30.3 Å². The molecule has 2 unspecified atom stereocenters. The van der Waals surface area contributed by atoms with Crippen LogP contribution in [0.1, 0.15) is 26.3 Å². The summed E-state index contributed by atoms with van der Waals surface area (Å²) in [6.45, 7) is 6.05. The van der Waals surface area contributed by atoms with Crippen molar-refractivity contribution in [1.82, 2.24) is 14.9 Å². The maximum Gasteiger partial charge on any atom is 0.346 e. The highest BCUT2D eigenvalue weighted by Gasteiger charge is 2.52. The van der Waals surface area contributed by atoms with Crippen LogP contribution in [0.4, 0.5) is 0 Å². The molecule has 2 N–H and O–H groups in total. The summed E-state index contributed by atoms with van der Waals surface area (Å²) in [6.07, 6.45) is 0. The van der Waals surface area contributed by atoms with Crippen LogP contribution in [-0.2, 0) is 25.4 Å².